The molecule has 1 aliphatic heterocycles. The zero-order valence-electron chi connectivity index (χ0n) is 20.6. The third-order valence-electron chi connectivity index (χ3n) is 6.05. The highest BCUT2D eigenvalue weighted by molar-refractivity contribution is 6.19. The van der Waals surface area contributed by atoms with Crippen molar-refractivity contribution in [3.63, 3.8) is 0 Å². The largest absolute Gasteiger partial charge is 0.443 e. The summed E-state index contributed by atoms with van der Waals surface area (Å²) in [7, 11) is 0. The Bertz CT molecular complexity index is 1320. The second-order valence-electron chi connectivity index (χ2n) is 9.76. The third kappa shape index (κ3) is 5.26. The normalized spacial score (nSPS) is 17.7. The van der Waals surface area contributed by atoms with E-state index in [1.165, 1.54) is 17.0 Å². The molecule has 0 aliphatic carbocycles. The number of carbonyl (C=O) groups is 2. The first-order valence-electron chi connectivity index (χ1n) is 11.5. The summed E-state index contributed by atoms with van der Waals surface area (Å²) in [5.41, 5.74) is -1.46. The van der Waals surface area contributed by atoms with Gasteiger partial charge in [-0.3, -0.25) is 9.79 Å². The molecule has 7 nitrogen and oxygen atoms in total. The lowest BCUT2D eigenvalue weighted by atomic mass is 9.92. The number of aromatic nitrogens is 1. The number of nitrogens with one attached hydrogen (secondary N) is 1. The van der Waals surface area contributed by atoms with Crippen molar-refractivity contribution in [1.29, 1.82) is 0 Å². The lowest BCUT2D eigenvalue weighted by Crippen LogP contribution is -2.41. The van der Waals surface area contributed by atoms with E-state index in [-0.39, 0.29) is 23.4 Å². The topological polar surface area (TPSA) is 80.9 Å². The van der Waals surface area contributed by atoms with E-state index in [0.29, 0.717) is 16.8 Å². The van der Waals surface area contributed by atoms with E-state index >= 15 is 0 Å². The predicted molar refractivity (Wildman–Crippen MR) is 132 cm³/mol. The Balaban J connectivity index is 1.81. The van der Waals surface area contributed by atoms with E-state index in [2.05, 4.69) is 4.98 Å². The predicted octanol–water partition coefficient (Wildman–Crippen LogP) is 6.94. The second kappa shape index (κ2) is 9.90. The number of rotatable bonds is 5. The number of aromatic amines is 1. The summed E-state index contributed by atoms with van der Waals surface area (Å²) in [5, 5.41) is -0.0262. The fourth-order valence-electron chi connectivity index (χ4n) is 4.50. The van der Waals surface area contributed by atoms with Crippen LogP contribution < -0.4 is 4.90 Å². The minimum atomic E-state index is -4.90. The molecule has 0 bridgehead atoms. The Morgan fingerprint density at radius 2 is 1.76 bits per heavy atom. The maximum atomic E-state index is 14.0. The number of hydrogen-bond acceptors (Lipinski definition) is 5. The number of anilines is 1. The van der Waals surface area contributed by atoms with Gasteiger partial charge in [0.05, 0.1) is 5.69 Å². The summed E-state index contributed by atoms with van der Waals surface area (Å²) in [6.45, 7) is 6.70. The van der Waals surface area contributed by atoms with Crippen molar-refractivity contribution in [2.75, 3.05) is 10.8 Å². The highest BCUT2D eigenvalue weighted by atomic mass is 35.5. The van der Waals surface area contributed by atoms with Crippen LogP contribution in [-0.4, -0.2) is 34.6 Å². The Morgan fingerprint density at radius 1 is 1.08 bits per heavy atom. The highest BCUT2D eigenvalue weighted by Crippen LogP contribution is 2.49. The summed E-state index contributed by atoms with van der Waals surface area (Å²) < 4.78 is 47.7. The number of carbonyl (C=O) groups excluding carboxylic acids is 2. The molecule has 37 heavy (non-hydrogen) atoms. The van der Waals surface area contributed by atoms with Crippen LogP contribution in [0.5, 0.6) is 0 Å². The molecule has 2 atom stereocenters. The molecule has 1 unspecified atom stereocenters. The molecule has 1 aliphatic rings. The van der Waals surface area contributed by atoms with Gasteiger partial charge in [0, 0.05) is 28.7 Å². The zero-order valence-corrected chi connectivity index (χ0v) is 21.4. The summed E-state index contributed by atoms with van der Waals surface area (Å²) in [6, 6.07) is 11.1. The molecule has 1 N–H and O–H groups in total. The number of halogens is 4. The first-order chi connectivity index (χ1) is 17.3. The Morgan fingerprint density at radius 3 is 2.35 bits per heavy atom. The van der Waals surface area contributed by atoms with Gasteiger partial charge in [0.2, 0.25) is 0 Å². The van der Waals surface area contributed by atoms with Gasteiger partial charge >= 0.3 is 18.2 Å². The van der Waals surface area contributed by atoms with Crippen LogP contribution in [0.15, 0.2) is 42.5 Å². The van der Waals surface area contributed by atoms with E-state index in [4.69, 9.17) is 26.1 Å². The first-order valence-corrected chi connectivity index (χ1v) is 12.1. The molecule has 1 aromatic heterocycles. The molecule has 2 aromatic carbocycles. The summed E-state index contributed by atoms with van der Waals surface area (Å²) in [4.78, 5) is 39.6. The molecule has 1 amide bonds. The SMILES string of the molecule is CC1[C@@H](CCl)c2c(ccc3[nH]c(C(F)(F)F)c(C(=O)OOCc4ccccc4)c23)N1C(=O)OC(C)(C)C. The molecular formula is C26H26ClF3N2O5. The lowest BCUT2D eigenvalue weighted by Gasteiger charge is -2.28. The second-order valence-corrected chi connectivity index (χ2v) is 10.1. The van der Waals surface area contributed by atoms with Crippen molar-refractivity contribution in [3.8, 4) is 0 Å². The number of ether oxygens (including phenoxy) is 1. The van der Waals surface area contributed by atoms with Crippen LogP contribution >= 0.6 is 11.6 Å². The molecule has 0 saturated heterocycles. The van der Waals surface area contributed by atoms with Gasteiger partial charge in [0.25, 0.3) is 0 Å². The minimum Gasteiger partial charge on any atom is -0.443 e. The fraction of sp³-hybridized carbons (Fsp3) is 0.385. The van der Waals surface area contributed by atoms with E-state index in [1.807, 2.05) is 0 Å². The van der Waals surface area contributed by atoms with Crippen molar-refractivity contribution in [2.45, 2.75) is 58.0 Å². The van der Waals surface area contributed by atoms with Gasteiger partial charge in [0.1, 0.15) is 23.5 Å². The van der Waals surface area contributed by atoms with Gasteiger partial charge in [-0.15, -0.1) is 11.6 Å². The smallest absolute Gasteiger partial charge is 0.432 e. The van der Waals surface area contributed by atoms with Crippen LogP contribution in [0, 0.1) is 0 Å². The molecule has 2 heterocycles. The number of amides is 1. The molecule has 0 spiro atoms. The van der Waals surface area contributed by atoms with Crippen molar-refractivity contribution < 1.29 is 37.3 Å². The van der Waals surface area contributed by atoms with Gasteiger partial charge in [-0.1, -0.05) is 30.3 Å². The molecule has 4 rings (SSSR count). The van der Waals surface area contributed by atoms with Crippen molar-refractivity contribution in [1.82, 2.24) is 4.98 Å². The van der Waals surface area contributed by atoms with Crippen LogP contribution in [0.25, 0.3) is 10.9 Å². The molecule has 11 heteroatoms. The monoisotopic (exact) mass is 538 g/mol. The van der Waals surface area contributed by atoms with Crippen molar-refractivity contribution in [3.05, 3.63) is 64.8 Å². The molecule has 0 radical (unpaired) electrons. The van der Waals surface area contributed by atoms with E-state index < -0.39 is 47.1 Å². The number of alkyl halides is 4. The first kappa shape index (κ1) is 26.8. The lowest BCUT2D eigenvalue weighted by molar-refractivity contribution is -0.250. The Labute approximate surface area is 216 Å². The average Bonchev–Trinajstić information content (AvgIpc) is 3.33. The van der Waals surface area contributed by atoms with Crippen LogP contribution in [0.2, 0.25) is 0 Å². The quantitative estimate of drug-likeness (QED) is 0.216. The highest BCUT2D eigenvalue weighted by Gasteiger charge is 2.46. The van der Waals surface area contributed by atoms with E-state index in [9.17, 15) is 22.8 Å². The molecule has 198 valence electrons. The summed E-state index contributed by atoms with van der Waals surface area (Å²) >= 11 is 6.26. The minimum absolute atomic E-state index is 0.0158. The van der Waals surface area contributed by atoms with Crippen LogP contribution in [-0.2, 0) is 27.3 Å². The number of hydrogen-bond donors (Lipinski definition) is 1. The van der Waals surface area contributed by atoms with Crippen molar-refractivity contribution >= 4 is 40.3 Å². The van der Waals surface area contributed by atoms with E-state index in [1.54, 1.807) is 58.0 Å². The number of benzene rings is 2. The van der Waals surface area contributed by atoms with Crippen LogP contribution in [0.1, 0.15) is 60.8 Å². The fourth-order valence-corrected chi connectivity index (χ4v) is 4.91. The summed E-state index contributed by atoms with van der Waals surface area (Å²) in [6.07, 6.45) is -5.57. The van der Waals surface area contributed by atoms with Crippen molar-refractivity contribution in [2.24, 2.45) is 0 Å². The maximum Gasteiger partial charge on any atom is 0.432 e. The van der Waals surface area contributed by atoms with Crippen LogP contribution in [0.4, 0.5) is 23.7 Å². The third-order valence-corrected chi connectivity index (χ3v) is 6.38. The zero-order chi connectivity index (χ0) is 27.1. The average molecular weight is 539 g/mol. The Kier molecular flexibility index (Phi) is 7.18. The maximum absolute atomic E-state index is 14.0. The molecule has 0 saturated carbocycles. The van der Waals surface area contributed by atoms with Gasteiger partial charge < -0.3 is 9.72 Å². The number of fused-ring (bicyclic) bond motifs is 3. The summed E-state index contributed by atoms with van der Waals surface area (Å²) in [5.74, 6) is -1.92. The molecular weight excluding hydrogens is 513 g/mol. The van der Waals surface area contributed by atoms with Gasteiger partial charge in [-0.2, -0.15) is 18.1 Å². The number of nitrogens with zero attached hydrogens (tertiary/aromatic N) is 1. The molecule has 3 aromatic rings. The van der Waals surface area contributed by atoms with Gasteiger partial charge in [-0.25, -0.2) is 9.59 Å². The standard InChI is InChI=1S/C26H26ClF3N2O5/c1-14-16(12-27)19-18(32(14)24(34)36-25(2,3)4)11-10-17-20(19)21(22(31-17)26(28,29)30)23(33)37-35-13-15-8-6-5-7-9-15/h5-11,14,16,31H,12-13H2,1-4H3/t14?,16-/m1/s1. The van der Waals surface area contributed by atoms with Gasteiger partial charge in [0.15, 0.2) is 0 Å². The van der Waals surface area contributed by atoms with Gasteiger partial charge in [-0.05, 0) is 51.0 Å². The Hall–Kier alpha value is -3.24. The number of H-pyrrole nitrogens is 1. The van der Waals surface area contributed by atoms with E-state index in [0.717, 1.165) is 0 Å². The molecule has 0 fully saturated rings. The van der Waals surface area contributed by atoms with Crippen LogP contribution in [0.3, 0.4) is 0 Å².